The fourth-order valence-electron chi connectivity index (χ4n) is 1.40. The number of rotatable bonds is 2. The van der Waals surface area contributed by atoms with Crippen LogP contribution >= 0.6 is 0 Å². The van der Waals surface area contributed by atoms with Gasteiger partial charge >= 0.3 is 0 Å². The Morgan fingerprint density at radius 1 is 1.25 bits per heavy atom. The van der Waals surface area contributed by atoms with E-state index in [2.05, 4.69) is 9.97 Å². The second-order valence-corrected chi connectivity index (χ2v) is 5.23. The van der Waals surface area contributed by atoms with E-state index in [1.807, 2.05) is 0 Å². The molecule has 0 radical (unpaired) electrons. The maximum atomic E-state index is 12.0. The van der Waals surface area contributed by atoms with Crippen molar-refractivity contribution >= 4 is 16.0 Å². The summed E-state index contributed by atoms with van der Waals surface area (Å²) in [6, 6.07) is 0. The van der Waals surface area contributed by atoms with Crippen molar-refractivity contribution in [2.24, 2.45) is 0 Å². The van der Waals surface area contributed by atoms with Crippen LogP contribution in [0.15, 0.2) is 17.3 Å². The van der Waals surface area contributed by atoms with E-state index < -0.39 is 10.0 Å². The quantitative estimate of drug-likeness (QED) is 0.722. The average molecular weight is 244 g/mol. The van der Waals surface area contributed by atoms with Gasteiger partial charge in [0, 0.05) is 13.1 Å². The van der Waals surface area contributed by atoms with Crippen molar-refractivity contribution in [2.75, 3.05) is 32.0 Å². The molecule has 8 heteroatoms. The lowest BCUT2D eigenvalue weighted by molar-refractivity contribution is 0.0730. The molecule has 1 saturated heterocycles. The van der Waals surface area contributed by atoms with Gasteiger partial charge in [-0.25, -0.2) is 18.4 Å². The summed E-state index contributed by atoms with van der Waals surface area (Å²) in [6.45, 7) is 1.53. The molecular weight excluding hydrogens is 232 g/mol. The number of anilines is 1. The lowest BCUT2D eigenvalue weighted by Crippen LogP contribution is -2.40. The molecule has 2 N–H and O–H groups in total. The monoisotopic (exact) mass is 244 g/mol. The average Bonchev–Trinajstić information content (AvgIpc) is 2.31. The molecule has 1 aromatic rings. The van der Waals surface area contributed by atoms with Crippen LogP contribution in [0.25, 0.3) is 0 Å². The highest BCUT2D eigenvalue weighted by Crippen LogP contribution is 2.15. The molecule has 0 unspecified atom stereocenters. The first-order valence-corrected chi connectivity index (χ1v) is 6.20. The minimum Gasteiger partial charge on any atom is -0.379 e. The van der Waals surface area contributed by atoms with Crippen LogP contribution in [0.5, 0.6) is 0 Å². The molecule has 1 fully saturated rings. The standard InChI is InChI=1S/C8H12N4O3S/c9-8-10-5-7(6-11-8)16(13,14)12-1-3-15-4-2-12/h5-6H,1-4H2,(H2,9,10,11). The predicted octanol–water partition coefficient (Wildman–Crippen LogP) is -0.920. The number of hydrogen-bond donors (Lipinski definition) is 1. The molecule has 88 valence electrons. The van der Waals surface area contributed by atoms with E-state index in [-0.39, 0.29) is 10.8 Å². The zero-order valence-electron chi connectivity index (χ0n) is 8.54. The van der Waals surface area contributed by atoms with Gasteiger partial charge in [-0.3, -0.25) is 0 Å². The van der Waals surface area contributed by atoms with Gasteiger partial charge in [0.15, 0.2) is 0 Å². The van der Waals surface area contributed by atoms with Crippen LogP contribution in [0.2, 0.25) is 0 Å². The third-order valence-corrected chi connectivity index (χ3v) is 4.11. The highest BCUT2D eigenvalue weighted by Gasteiger charge is 2.26. The fourth-order valence-corrected chi connectivity index (χ4v) is 2.70. The molecule has 0 bridgehead atoms. The molecule has 0 spiro atoms. The van der Waals surface area contributed by atoms with Crippen LogP contribution < -0.4 is 5.73 Å². The molecule has 2 rings (SSSR count). The predicted molar refractivity (Wildman–Crippen MR) is 56.0 cm³/mol. The molecule has 2 heterocycles. The Morgan fingerprint density at radius 3 is 2.38 bits per heavy atom. The number of aromatic nitrogens is 2. The minimum atomic E-state index is -3.51. The number of nitrogen functional groups attached to an aromatic ring is 1. The summed E-state index contributed by atoms with van der Waals surface area (Å²) in [5.74, 6) is 0.0564. The number of hydrogen-bond acceptors (Lipinski definition) is 6. The van der Waals surface area contributed by atoms with Gasteiger partial charge in [0.05, 0.1) is 25.6 Å². The summed E-state index contributed by atoms with van der Waals surface area (Å²) < 4.78 is 30.5. The second kappa shape index (κ2) is 4.32. The molecule has 7 nitrogen and oxygen atoms in total. The maximum Gasteiger partial charge on any atom is 0.246 e. The molecule has 0 saturated carbocycles. The van der Waals surface area contributed by atoms with Crippen molar-refractivity contribution in [3.8, 4) is 0 Å². The Kier molecular flexibility index (Phi) is 3.03. The summed E-state index contributed by atoms with van der Waals surface area (Å²) in [6.07, 6.45) is 2.43. The van der Waals surface area contributed by atoms with Crippen molar-refractivity contribution in [1.82, 2.24) is 14.3 Å². The molecule has 1 aliphatic heterocycles. The van der Waals surface area contributed by atoms with Crippen molar-refractivity contribution < 1.29 is 13.2 Å². The van der Waals surface area contributed by atoms with Crippen molar-refractivity contribution in [3.63, 3.8) is 0 Å². The normalized spacial score (nSPS) is 18.5. The number of sulfonamides is 1. The van der Waals surface area contributed by atoms with Gasteiger partial charge in [0.2, 0.25) is 16.0 Å². The Labute approximate surface area is 93.3 Å². The lowest BCUT2D eigenvalue weighted by Gasteiger charge is -2.25. The van der Waals surface area contributed by atoms with E-state index in [1.165, 1.54) is 16.7 Å². The Morgan fingerprint density at radius 2 is 1.81 bits per heavy atom. The number of nitrogens with zero attached hydrogens (tertiary/aromatic N) is 3. The van der Waals surface area contributed by atoms with Gasteiger partial charge < -0.3 is 10.5 Å². The first kappa shape index (κ1) is 11.2. The van der Waals surface area contributed by atoms with Crippen LogP contribution in [-0.2, 0) is 14.8 Å². The summed E-state index contributed by atoms with van der Waals surface area (Å²) in [5.41, 5.74) is 5.30. The first-order chi connectivity index (χ1) is 7.60. The molecule has 1 aromatic heterocycles. The third-order valence-electron chi connectivity index (χ3n) is 2.26. The van der Waals surface area contributed by atoms with Crippen molar-refractivity contribution in [2.45, 2.75) is 4.90 Å². The molecule has 0 aromatic carbocycles. The summed E-state index contributed by atoms with van der Waals surface area (Å²) in [7, 11) is -3.51. The van der Waals surface area contributed by atoms with E-state index in [0.717, 1.165) is 0 Å². The first-order valence-electron chi connectivity index (χ1n) is 4.76. The number of morpholine rings is 1. The maximum absolute atomic E-state index is 12.0. The van der Waals surface area contributed by atoms with E-state index in [1.54, 1.807) is 0 Å². The number of nitrogens with two attached hydrogens (primary N) is 1. The Balaban J connectivity index is 2.27. The van der Waals surface area contributed by atoms with Crippen LogP contribution in [0.1, 0.15) is 0 Å². The summed E-state index contributed by atoms with van der Waals surface area (Å²) >= 11 is 0. The SMILES string of the molecule is Nc1ncc(S(=O)(=O)N2CCOCC2)cn1. The van der Waals surface area contributed by atoms with Crippen LogP contribution in [0.3, 0.4) is 0 Å². The third kappa shape index (κ3) is 2.13. The summed E-state index contributed by atoms with van der Waals surface area (Å²) in [4.78, 5) is 7.40. The zero-order chi connectivity index (χ0) is 11.6. The Hall–Kier alpha value is -1.25. The van der Waals surface area contributed by atoms with Crippen molar-refractivity contribution in [1.29, 1.82) is 0 Å². The molecule has 0 atom stereocenters. The second-order valence-electron chi connectivity index (χ2n) is 3.29. The largest absolute Gasteiger partial charge is 0.379 e. The van der Waals surface area contributed by atoms with E-state index in [0.29, 0.717) is 26.3 Å². The minimum absolute atomic E-state index is 0.0564. The summed E-state index contributed by atoms with van der Waals surface area (Å²) in [5, 5.41) is 0. The lowest BCUT2D eigenvalue weighted by atomic mass is 10.5. The molecule has 0 aliphatic carbocycles. The van der Waals surface area contributed by atoms with Crippen LogP contribution in [0, 0.1) is 0 Å². The molecule has 1 aliphatic rings. The van der Waals surface area contributed by atoms with Crippen molar-refractivity contribution in [3.05, 3.63) is 12.4 Å². The molecule has 0 amide bonds. The van der Waals surface area contributed by atoms with E-state index in [9.17, 15) is 8.42 Å². The fraction of sp³-hybridized carbons (Fsp3) is 0.500. The van der Waals surface area contributed by atoms with Gasteiger partial charge in [-0.05, 0) is 0 Å². The van der Waals surface area contributed by atoms with Gasteiger partial charge in [0.25, 0.3) is 0 Å². The smallest absolute Gasteiger partial charge is 0.246 e. The molecule has 16 heavy (non-hydrogen) atoms. The zero-order valence-corrected chi connectivity index (χ0v) is 9.35. The highest BCUT2D eigenvalue weighted by molar-refractivity contribution is 7.89. The van der Waals surface area contributed by atoms with Gasteiger partial charge in [0.1, 0.15) is 4.90 Å². The van der Waals surface area contributed by atoms with E-state index >= 15 is 0 Å². The number of ether oxygens (including phenoxy) is 1. The van der Waals surface area contributed by atoms with Crippen LogP contribution in [0.4, 0.5) is 5.95 Å². The molecular formula is C8H12N4O3S. The highest BCUT2D eigenvalue weighted by atomic mass is 32.2. The van der Waals surface area contributed by atoms with Crippen LogP contribution in [-0.4, -0.2) is 49.0 Å². The van der Waals surface area contributed by atoms with E-state index in [4.69, 9.17) is 10.5 Å². The van der Waals surface area contributed by atoms with Gasteiger partial charge in [-0.1, -0.05) is 0 Å². The van der Waals surface area contributed by atoms with Gasteiger partial charge in [-0.15, -0.1) is 0 Å². The topological polar surface area (TPSA) is 98.4 Å². The Bertz CT molecular complexity index is 453. The van der Waals surface area contributed by atoms with Gasteiger partial charge in [-0.2, -0.15) is 4.31 Å².